The number of aliphatic hydroxyl groups excluding tert-OH is 1. The van der Waals surface area contributed by atoms with E-state index in [-0.39, 0.29) is 31.3 Å². The molecule has 0 radical (unpaired) electrons. The number of alkyl halides is 3. The highest BCUT2D eigenvalue weighted by atomic mass is 35.6. The van der Waals surface area contributed by atoms with Gasteiger partial charge in [-0.25, -0.2) is 0 Å². The zero-order chi connectivity index (χ0) is 30.6. The zero-order valence-electron chi connectivity index (χ0n) is 23.4. The van der Waals surface area contributed by atoms with Crippen molar-refractivity contribution in [3.8, 4) is 11.1 Å². The van der Waals surface area contributed by atoms with Crippen LogP contribution in [0, 0.1) is 12.8 Å². The third kappa shape index (κ3) is 8.29. The molecule has 226 valence electrons. The van der Waals surface area contributed by atoms with Gasteiger partial charge < -0.3 is 19.9 Å². The quantitative estimate of drug-likeness (QED) is 0.139. The number of ether oxygens (including phenoxy) is 2. The number of aliphatic hydroxyl groups is 1. The number of hydrogen-bond acceptors (Lipinski definition) is 8. The van der Waals surface area contributed by atoms with E-state index in [0.717, 1.165) is 42.7 Å². The number of halogens is 3. The van der Waals surface area contributed by atoms with Crippen molar-refractivity contribution in [2.75, 3.05) is 5.75 Å². The van der Waals surface area contributed by atoms with Crippen molar-refractivity contribution in [1.29, 1.82) is 0 Å². The fourth-order valence-corrected chi connectivity index (χ4v) is 6.98. The number of nitrogens with one attached hydrogen (secondary N) is 1. The summed E-state index contributed by atoms with van der Waals surface area (Å²) in [5.74, 6) is 0.106. The molecule has 0 spiro atoms. The van der Waals surface area contributed by atoms with E-state index in [1.165, 1.54) is 0 Å². The number of benzene rings is 3. The van der Waals surface area contributed by atoms with Gasteiger partial charge in [0.15, 0.2) is 10.6 Å². The number of carbonyl (C=O) groups is 1. The number of aromatic nitrogens is 2. The van der Waals surface area contributed by atoms with Crippen molar-refractivity contribution < 1.29 is 19.4 Å². The van der Waals surface area contributed by atoms with Gasteiger partial charge in [0.2, 0.25) is 0 Å². The van der Waals surface area contributed by atoms with Crippen LogP contribution < -0.4 is 5.32 Å². The summed E-state index contributed by atoms with van der Waals surface area (Å²) in [7, 11) is 0. The van der Waals surface area contributed by atoms with Crippen molar-refractivity contribution in [2.45, 2.75) is 53.6 Å². The molecule has 1 saturated heterocycles. The minimum absolute atomic E-state index is 0.00747. The van der Waals surface area contributed by atoms with Crippen LogP contribution in [-0.4, -0.2) is 36.9 Å². The molecule has 1 aliphatic heterocycles. The second-order valence-electron chi connectivity index (χ2n) is 10.2. The lowest BCUT2D eigenvalue weighted by Crippen LogP contribution is -2.38. The molecule has 4 atom stereocenters. The zero-order valence-corrected chi connectivity index (χ0v) is 27.3. The molecule has 12 heteroatoms. The summed E-state index contributed by atoms with van der Waals surface area (Å²) in [6, 6.07) is 23.8. The van der Waals surface area contributed by atoms with Crippen LogP contribution in [0.25, 0.3) is 11.1 Å². The molecule has 3 aromatic carbocycles. The number of aryl methyl sites for hydroxylation is 1. The maximum atomic E-state index is 11.9. The van der Waals surface area contributed by atoms with E-state index < -0.39 is 16.0 Å². The van der Waals surface area contributed by atoms with Gasteiger partial charge in [0.1, 0.15) is 5.01 Å². The highest BCUT2D eigenvalue weighted by Crippen LogP contribution is 2.43. The minimum Gasteiger partial charge on any atom is -0.392 e. The number of rotatable bonds is 9. The average Bonchev–Trinajstić information content (AvgIpc) is 3.44. The highest BCUT2D eigenvalue weighted by molar-refractivity contribution is 8.01. The van der Waals surface area contributed by atoms with Crippen molar-refractivity contribution >= 4 is 63.8 Å². The molecule has 1 amide bonds. The molecule has 0 bridgehead atoms. The van der Waals surface area contributed by atoms with Crippen LogP contribution in [0.2, 0.25) is 0 Å². The Morgan fingerprint density at radius 2 is 1.70 bits per heavy atom. The van der Waals surface area contributed by atoms with Gasteiger partial charge in [-0.2, -0.15) is 0 Å². The van der Waals surface area contributed by atoms with E-state index in [4.69, 9.17) is 44.3 Å². The van der Waals surface area contributed by atoms with E-state index in [0.29, 0.717) is 5.75 Å². The van der Waals surface area contributed by atoms with Gasteiger partial charge >= 0.3 is 0 Å². The Morgan fingerprint density at radius 3 is 2.35 bits per heavy atom. The first-order valence-electron chi connectivity index (χ1n) is 13.6. The van der Waals surface area contributed by atoms with Gasteiger partial charge in [0.05, 0.1) is 18.8 Å². The van der Waals surface area contributed by atoms with Crippen molar-refractivity contribution in [3.63, 3.8) is 0 Å². The van der Waals surface area contributed by atoms with Crippen molar-refractivity contribution in [3.05, 3.63) is 100 Å². The van der Waals surface area contributed by atoms with E-state index in [9.17, 15) is 9.90 Å². The lowest BCUT2D eigenvalue weighted by molar-refractivity contribution is -0.268. The predicted octanol–water partition coefficient (Wildman–Crippen LogP) is 7.58. The Morgan fingerprint density at radius 1 is 0.977 bits per heavy atom. The Kier molecular flexibility index (Phi) is 10.7. The van der Waals surface area contributed by atoms with Crippen LogP contribution >= 0.6 is 57.9 Å². The molecule has 1 aliphatic rings. The van der Waals surface area contributed by atoms with E-state index in [2.05, 4.69) is 22.4 Å². The maximum absolute atomic E-state index is 11.9. The van der Waals surface area contributed by atoms with Crippen LogP contribution in [0.4, 0.5) is 0 Å². The molecular formula is C31H30Cl3N3O4S2. The molecule has 5 rings (SSSR count). The number of amides is 1. The first-order chi connectivity index (χ1) is 20.6. The number of thioether (sulfide) groups is 1. The van der Waals surface area contributed by atoms with Crippen LogP contribution in [0.3, 0.4) is 0 Å². The minimum atomic E-state index is -2.01. The van der Waals surface area contributed by atoms with Crippen LogP contribution in [0.1, 0.15) is 46.6 Å². The lowest BCUT2D eigenvalue weighted by atomic mass is 9.91. The molecule has 7 nitrogen and oxygen atoms in total. The lowest BCUT2D eigenvalue weighted by Gasteiger charge is -2.41. The van der Waals surface area contributed by atoms with Gasteiger partial charge in [-0.3, -0.25) is 4.79 Å². The second kappa shape index (κ2) is 14.3. The Labute approximate surface area is 273 Å². The van der Waals surface area contributed by atoms with Crippen LogP contribution in [0.15, 0.2) is 77.1 Å². The average molecular weight is 679 g/mol. The summed E-state index contributed by atoms with van der Waals surface area (Å²) in [5, 5.41) is 21.5. The Balaban J connectivity index is 1.34. The molecule has 1 fully saturated rings. The fourth-order valence-electron chi connectivity index (χ4n) is 4.78. The van der Waals surface area contributed by atoms with Gasteiger partial charge in [-0.15, -0.1) is 10.2 Å². The van der Waals surface area contributed by atoms with Crippen molar-refractivity contribution in [2.24, 2.45) is 5.92 Å². The molecule has 4 aromatic rings. The number of carbonyl (C=O) groups excluding carboxylic acids is 1. The van der Waals surface area contributed by atoms with E-state index >= 15 is 0 Å². The molecule has 1 aromatic heterocycles. The maximum Gasteiger partial charge on any atom is 0.272 e. The summed E-state index contributed by atoms with van der Waals surface area (Å²) in [6.07, 6.45) is -0.875. The molecule has 2 heterocycles. The number of hydrogen-bond donors (Lipinski definition) is 2. The molecule has 4 unspecified atom stereocenters. The van der Waals surface area contributed by atoms with E-state index in [1.54, 1.807) is 23.1 Å². The standard InChI is InChI=1S/C31H30Cl3N3O4S2/c1-18-26(17-42-30-37-36-19(2)43-30)40-28(41-27(18)23-8-6-20(16-38)7-9-23)24-12-10-22(11-13-24)25-5-3-4-21(14-25)15-35-29(39)31(32,33)34/h3-14,18,26-28,38H,15-17H2,1-2H3,(H,35,39). The third-order valence-corrected chi connectivity index (χ3v) is 9.73. The molecule has 0 saturated carbocycles. The Bertz CT molecular complexity index is 1530. The summed E-state index contributed by atoms with van der Waals surface area (Å²) >= 11 is 20.2. The monoisotopic (exact) mass is 677 g/mol. The van der Waals surface area contributed by atoms with Crippen LogP contribution in [0.5, 0.6) is 0 Å². The summed E-state index contributed by atoms with van der Waals surface area (Å²) in [4.78, 5) is 11.9. The first kappa shape index (κ1) is 32.2. The van der Waals surface area contributed by atoms with Gasteiger partial charge in [-0.05, 0) is 40.8 Å². The third-order valence-electron chi connectivity index (χ3n) is 7.16. The smallest absolute Gasteiger partial charge is 0.272 e. The fraction of sp³-hybridized carbons (Fsp3) is 0.323. The predicted molar refractivity (Wildman–Crippen MR) is 172 cm³/mol. The van der Waals surface area contributed by atoms with Gasteiger partial charge in [0.25, 0.3) is 9.70 Å². The second-order valence-corrected chi connectivity index (χ2v) is 15.0. The largest absolute Gasteiger partial charge is 0.392 e. The van der Waals surface area contributed by atoms with Gasteiger partial charge in [0, 0.05) is 23.8 Å². The normalized spacial score (nSPS) is 20.6. The van der Waals surface area contributed by atoms with E-state index in [1.807, 2.05) is 79.7 Å². The molecular weight excluding hydrogens is 649 g/mol. The summed E-state index contributed by atoms with van der Waals surface area (Å²) in [6.45, 7) is 4.31. The number of nitrogens with zero attached hydrogens (tertiary/aromatic N) is 2. The van der Waals surface area contributed by atoms with Gasteiger partial charge in [-0.1, -0.05) is 132 Å². The summed E-state index contributed by atoms with van der Waals surface area (Å²) < 4.78 is 12.0. The topological polar surface area (TPSA) is 93.6 Å². The molecule has 43 heavy (non-hydrogen) atoms. The molecule has 2 N–H and O–H groups in total. The van der Waals surface area contributed by atoms with Crippen LogP contribution in [-0.2, 0) is 27.4 Å². The molecule has 0 aliphatic carbocycles. The first-order valence-corrected chi connectivity index (χ1v) is 16.5. The summed E-state index contributed by atoms with van der Waals surface area (Å²) in [5.41, 5.74) is 5.65. The SMILES string of the molecule is Cc1nnc(SCC2OC(c3ccc(-c4cccc(CNC(=O)C(Cl)(Cl)Cl)c4)cc3)OC(c3ccc(CO)cc3)C2C)s1. The van der Waals surface area contributed by atoms with Crippen molar-refractivity contribution in [1.82, 2.24) is 15.5 Å². The highest BCUT2D eigenvalue weighted by Gasteiger charge is 2.38. The Hall–Kier alpha value is -2.21.